The van der Waals surface area contributed by atoms with Crippen LogP contribution in [0.1, 0.15) is 26.5 Å². The Morgan fingerprint density at radius 2 is 1.69 bits per heavy atom. The second-order valence-corrected chi connectivity index (χ2v) is 6.93. The maximum Gasteiger partial charge on any atom is 0.263 e. The smallest absolute Gasteiger partial charge is 0.263 e. The number of carbonyl (C=O) groups excluding carboxylic acids is 2. The number of hydrogen-bond acceptors (Lipinski definition) is 5. The maximum absolute atomic E-state index is 12.9. The number of nitrogens with zero attached hydrogens (tertiary/aromatic N) is 2. The zero-order valence-corrected chi connectivity index (χ0v) is 15.8. The van der Waals surface area contributed by atoms with E-state index in [0.29, 0.717) is 43.2 Å². The van der Waals surface area contributed by atoms with E-state index in [-0.39, 0.29) is 11.8 Å². The van der Waals surface area contributed by atoms with Crippen LogP contribution in [0.15, 0.2) is 35.7 Å². The molecule has 1 aliphatic rings. The molecule has 0 bridgehead atoms. The van der Waals surface area contributed by atoms with Gasteiger partial charge in [-0.3, -0.25) is 9.59 Å². The van der Waals surface area contributed by atoms with E-state index in [1.54, 1.807) is 30.2 Å². The average Bonchev–Trinajstić information content (AvgIpc) is 3.11. The Labute approximate surface area is 156 Å². The van der Waals surface area contributed by atoms with Crippen molar-refractivity contribution in [3.05, 3.63) is 46.2 Å². The molecule has 7 heteroatoms. The Bertz CT molecular complexity index is 776. The van der Waals surface area contributed by atoms with Crippen LogP contribution in [0.2, 0.25) is 0 Å². The number of thiophene rings is 1. The highest BCUT2D eigenvalue weighted by Gasteiger charge is 2.25. The van der Waals surface area contributed by atoms with Gasteiger partial charge in [0, 0.05) is 32.2 Å². The molecule has 1 saturated heterocycles. The lowest BCUT2D eigenvalue weighted by atomic mass is 10.1. The number of carbonyl (C=O) groups is 2. The maximum atomic E-state index is 12.9. The Hall–Kier alpha value is -2.54. The van der Waals surface area contributed by atoms with Crippen molar-refractivity contribution in [2.75, 3.05) is 40.4 Å². The van der Waals surface area contributed by atoms with Crippen molar-refractivity contribution >= 4 is 23.2 Å². The minimum atomic E-state index is -0.0880. The standard InChI is InChI=1S/C19H22N2O4S/c1-24-14-6-7-15(16(13-14)25-2)18(22)20-8-4-9-21(11-10-20)19(23)17-5-3-12-26-17/h3,5-7,12-13H,4,8-11H2,1-2H3. The lowest BCUT2D eigenvalue weighted by Crippen LogP contribution is -2.37. The summed E-state index contributed by atoms with van der Waals surface area (Å²) in [5.41, 5.74) is 0.506. The van der Waals surface area contributed by atoms with Gasteiger partial charge in [0.25, 0.3) is 11.8 Å². The van der Waals surface area contributed by atoms with Gasteiger partial charge in [-0.25, -0.2) is 0 Å². The molecule has 1 aromatic carbocycles. The van der Waals surface area contributed by atoms with Crippen molar-refractivity contribution in [3.8, 4) is 11.5 Å². The highest BCUT2D eigenvalue weighted by atomic mass is 32.1. The minimum Gasteiger partial charge on any atom is -0.497 e. The zero-order valence-electron chi connectivity index (χ0n) is 14.9. The van der Waals surface area contributed by atoms with Crippen molar-refractivity contribution in [2.24, 2.45) is 0 Å². The third-order valence-electron chi connectivity index (χ3n) is 4.44. The lowest BCUT2D eigenvalue weighted by molar-refractivity contribution is 0.0719. The molecular formula is C19H22N2O4S. The molecule has 138 valence electrons. The van der Waals surface area contributed by atoms with Crippen molar-refractivity contribution < 1.29 is 19.1 Å². The molecule has 0 N–H and O–H groups in total. The number of rotatable bonds is 4. The highest BCUT2D eigenvalue weighted by Crippen LogP contribution is 2.26. The lowest BCUT2D eigenvalue weighted by Gasteiger charge is -2.22. The molecular weight excluding hydrogens is 352 g/mol. The van der Waals surface area contributed by atoms with Gasteiger partial charge in [-0.1, -0.05) is 6.07 Å². The van der Waals surface area contributed by atoms with E-state index in [1.807, 2.05) is 22.4 Å². The van der Waals surface area contributed by atoms with Crippen molar-refractivity contribution in [2.45, 2.75) is 6.42 Å². The van der Waals surface area contributed by atoms with Crippen LogP contribution in [0.4, 0.5) is 0 Å². The molecule has 2 aromatic rings. The van der Waals surface area contributed by atoms with Crippen LogP contribution in [0.25, 0.3) is 0 Å². The zero-order chi connectivity index (χ0) is 18.5. The molecule has 0 aliphatic carbocycles. The molecule has 6 nitrogen and oxygen atoms in total. The number of hydrogen-bond donors (Lipinski definition) is 0. The monoisotopic (exact) mass is 374 g/mol. The minimum absolute atomic E-state index is 0.0383. The molecule has 0 atom stereocenters. The van der Waals surface area contributed by atoms with E-state index in [1.165, 1.54) is 18.4 Å². The number of methoxy groups -OCH3 is 2. The molecule has 0 spiro atoms. The summed E-state index contributed by atoms with van der Waals surface area (Å²) in [6.07, 6.45) is 0.751. The summed E-state index contributed by atoms with van der Waals surface area (Å²) in [5, 5.41) is 1.90. The normalized spacial score (nSPS) is 14.7. The van der Waals surface area contributed by atoms with E-state index >= 15 is 0 Å². The van der Waals surface area contributed by atoms with Crippen LogP contribution in [0, 0.1) is 0 Å². The van der Waals surface area contributed by atoms with Gasteiger partial charge in [0.2, 0.25) is 0 Å². The molecule has 0 radical (unpaired) electrons. The van der Waals surface area contributed by atoms with E-state index in [4.69, 9.17) is 9.47 Å². The molecule has 26 heavy (non-hydrogen) atoms. The first-order valence-electron chi connectivity index (χ1n) is 8.48. The summed E-state index contributed by atoms with van der Waals surface area (Å²) < 4.78 is 10.5. The fraction of sp³-hybridized carbons (Fsp3) is 0.368. The second-order valence-electron chi connectivity index (χ2n) is 5.98. The SMILES string of the molecule is COc1ccc(C(=O)N2CCCN(C(=O)c3cccs3)CC2)c(OC)c1. The summed E-state index contributed by atoms with van der Waals surface area (Å²) in [7, 11) is 3.11. The van der Waals surface area contributed by atoms with Crippen molar-refractivity contribution in [1.82, 2.24) is 9.80 Å². The van der Waals surface area contributed by atoms with Gasteiger partial charge < -0.3 is 19.3 Å². The van der Waals surface area contributed by atoms with E-state index < -0.39 is 0 Å². The number of amides is 2. The summed E-state index contributed by atoms with van der Waals surface area (Å²) in [6.45, 7) is 2.30. The van der Waals surface area contributed by atoms with E-state index in [9.17, 15) is 9.59 Å². The topological polar surface area (TPSA) is 59.1 Å². The predicted octanol–water partition coefficient (Wildman–Crippen LogP) is 2.75. The first kappa shape index (κ1) is 18.3. The Balaban J connectivity index is 1.71. The van der Waals surface area contributed by atoms with Gasteiger partial charge in [0.1, 0.15) is 11.5 Å². The van der Waals surface area contributed by atoms with Crippen LogP contribution in [-0.4, -0.2) is 62.0 Å². The molecule has 1 aliphatic heterocycles. The third-order valence-corrected chi connectivity index (χ3v) is 5.30. The summed E-state index contributed by atoms with van der Waals surface area (Å²) in [6, 6.07) is 8.89. The fourth-order valence-corrected chi connectivity index (χ4v) is 3.72. The van der Waals surface area contributed by atoms with E-state index in [0.717, 1.165) is 11.3 Å². The summed E-state index contributed by atoms with van der Waals surface area (Å²) in [5.74, 6) is 1.08. The van der Waals surface area contributed by atoms with Gasteiger partial charge in [0.15, 0.2) is 0 Å². The molecule has 0 saturated carbocycles. The number of ether oxygens (including phenoxy) is 2. The molecule has 3 rings (SSSR count). The Morgan fingerprint density at radius 1 is 0.962 bits per heavy atom. The first-order valence-corrected chi connectivity index (χ1v) is 9.36. The van der Waals surface area contributed by atoms with Crippen LogP contribution in [-0.2, 0) is 0 Å². The molecule has 1 fully saturated rings. The van der Waals surface area contributed by atoms with Gasteiger partial charge in [-0.05, 0) is 30.0 Å². The Morgan fingerprint density at radius 3 is 2.31 bits per heavy atom. The van der Waals surface area contributed by atoms with Gasteiger partial charge in [-0.2, -0.15) is 0 Å². The summed E-state index contributed by atoms with van der Waals surface area (Å²) >= 11 is 1.44. The quantitative estimate of drug-likeness (QED) is 0.826. The highest BCUT2D eigenvalue weighted by molar-refractivity contribution is 7.12. The third kappa shape index (κ3) is 3.83. The van der Waals surface area contributed by atoms with Crippen LogP contribution in [0.5, 0.6) is 11.5 Å². The average molecular weight is 374 g/mol. The van der Waals surface area contributed by atoms with Crippen LogP contribution >= 0.6 is 11.3 Å². The van der Waals surface area contributed by atoms with Crippen molar-refractivity contribution in [1.29, 1.82) is 0 Å². The second kappa shape index (κ2) is 8.23. The number of benzene rings is 1. The van der Waals surface area contributed by atoms with Gasteiger partial charge in [-0.15, -0.1) is 11.3 Å². The van der Waals surface area contributed by atoms with Gasteiger partial charge in [0.05, 0.1) is 24.7 Å². The molecule has 1 aromatic heterocycles. The predicted molar refractivity (Wildman–Crippen MR) is 100 cm³/mol. The van der Waals surface area contributed by atoms with Crippen LogP contribution in [0.3, 0.4) is 0 Å². The summed E-state index contributed by atoms with van der Waals surface area (Å²) in [4.78, 5) is 29.8. The van der Waals surface area contributed by atoms with Crippen LogP contribution < -0.4 is 9.47 Å². The molecule has 2 heterocycles. The van der Waals surface area contributed by atoms with E-state index in [2.05, 4.69) is 0 Å². The first-order chi connectivity index (χ1) is 12.6. The largest absolute Gasteiger partial charge is 0.497 e. The molecule has 2 amide bonds. The fourth-order valence-electron chi connectivity index (χ4n) is 3.03. The molecule has 0 unspecified atom stereocenters. The van der Waals surface area contributed by atoms with Gasteiger partial charge >= 0.3 is 0 Å². The van der Waals surface area contributed by atoms with Crippen molar-refractivity contribution in [3.63, 3.8) is 0 Å². The Kier molecular flexibility index (Phi) is 5.78.